The minimum Gasteiger partial charge on any atom is -0.489 e. The lowest BCUT2D eigenvalue weighted by molar-refractivity contribution is 0.306. The number of hydrogen-bond acceptors (Lipinski definition) is 5. The smallest absolute Gasteiger partial charge is 0.150 e. The van der Waals surface area contributed by atoms with Crippen LogP contribution in [0.15, 0.2) is 72.9 Å². The number of nitrogen functional groups attached to an aromatic ring is 1. The van der Waals surface area contributed by atoms with Gasteiger partial charge in [-0.3, -0.25) is 4.98 Å². The van der Waals surface area contributed by atoms with E-state index in [1.807, 2.05) is 36.5 Å². The molecule has 2 heterocycles. The molecule has 0 aliphatic carbocycles. The fourth-order valence-corrected chi connectivity index (χ4v) is 4.83. The molecule has 3 N–H and O–H groups in total. The average Bonchev–Trinajstić information content (AvgIpc) is 2.87. The Balaban J connectivity index is 1.30. The maximum Gasteiger partial charge on any atom is 0.150 e. The van der Waals surface area contributed by atoms with Gasteiger partial charge in [-0.2, -0.15) is 0 Å². The van der Waals surface area contributed by atoms with Crippen molar-refractivity contribution in [2.24, 2.45) is 0 Å². The summed E-state index contributed by atoms with van der Waals surface area (Å²) in [6.07, 6.45) is 3.71. The minimum atomic E-state index is -0.200. The van der Waals surface area contributed by atoms with Crippen LogP contribution in [-0.4, -0.2) is 14.9 Å². The van der Waals surface area contributed by atoms with Crippen LogP contribution in [-0.2, 0) is 19.4 Å². The molecule has 0 aliphatic heterocycles. The lowest BCUT2D eigenvalue weighted by Crippen LogP contribution is -2.01. The fraction of sp³-hybridized carbons (Fsp3) is 0.172. The first kappa shape index (κ1) is 23.2. The van der Waals surface area contributed by atoms with Crippen LogP contribution in [0.3, 0.4) is 0 Å². The van der Waals surface area contributed by atoms with E-state index in [2.05, 4.69) is 60.2 Å². The molecule has 1 unspecified atom stereocenters. The van der Waals surface area contributed by atoms with Crippen LogP contribution < -0.4 is 15.8 Å². The first-order valence-electron chi connectivity index (χ1n) is 11.7. The van der Waals surface area contributed by atoms with Gasteiger partial charge in [-0.25, -0.2) is 4.98 Å². The van der Waals surface area contributed by atoms with Crippen LogP contribution >= 0.6 is 8.81 Å². The Labute approximate surface area is 206 Å². The number of aromatic nitrogens is 2. The zero-order valence-corrected chi connectivity index (χ0v) is 20.9. The maximum atomic E-state index is 9.34. The molecule has 0 radical (unpaired) electrons. The summed E-state index contributed by atoms with van der Waals surface area (Å²) in [5.74, 6) is 1.32. The van der Waals surface area contributed by atoms with Crippen molar-refractivity contribution >= 4 is 41.7 Å². The summed E-state index contributed by atoms with van der Waals surface area (Å²) in [6, 6.07) is 22.6. The van der Waals surface area contributed by atoms with Crippen LogP contribution in [0.2, 0.25) is 0 Å². The van der Waals surface area contributed by atoms with Crippen molar-refractivity contribution in [3.05, 3.63) is 101 Å². The summed E-state index contributed by atoms with van der Waals surface area (Å²) in [6.45, 7) is 4.66. The number of fused-ring (bicyclic) bond motifs is 3. The van der Waals surface area contributed by atoms with Crippen molar-refractivity contribution in [2.75, 3.05) is 5.73 Å². The number of ether oxygens (including phenoxy) is 1. The standard InChI is InChI=1S/C29H28N3O2P/c1-18-6-11-25-26-15-20(16-31-28(26)29(30)32-27(25)12-18)7-8-22-9-10-23(13-19(22)2)34-17-21-4-3-5-24(14-21)35-33/h3-6,9-16,33,35H,7-8,17H2,1-2H3,(H2,30,32). The van der Waals surface area contributed by atoms with Crippen LogP contribution in [0, 0.1) is 13.8 Å². The van der Waals surface area contributed by atoms with E-state index >= 15 is 0 Å². The zero-order chi connectivity index (χ0) is 24.4. The summed E-state index contributed by atoms with van der Waals surface area (Å²) in [5.41, 5.74) is 13.7. The first-order chi connectivity index (χ1) is 17.0. The van der Waals surface area contributed by atoms with E-state index in [9.17, 15) is 4.89 Å². The first-order valence-corrected chi connectivity index (χ1v) is 12.6. The van der Waals surface area contributed by atoms with Gasteiger partial charge in [-0.15, -0.1) is 0 Å². The van der Waals surface area contributed by atoms with Gasteiger partial charge in [0.25, 0.3) is 0 Å². The molecule has 0 fully saturated rings. The SMILES string of the molecule is Cc1ccc2c(c1)nc(N)c1ncc(CCc3ccc(OCc4cccc(PO)c4)cc3C)cc12. The molecule has 0 saturated heterocycles. The summed E-state index contributed by atoms with van der Waals surface area (Å²) < 4.78 is 5.99. The van der Waals surface area contributed by atoms with Crippen LogP contribution in [0.5, 0.6) is 5.75 Å². The number of rotatable bonds is 7. The molecule has 176 valence electrons. The predicted octanol–water partition coefficient (Wildman–Crippen LogP) is 5.56. The third-order valence-electron chi connectivity index (χ3n) is 6.33. The number of pyridine rings is 2. The van der Waals surface area contributed by atoms with E-state index < -0.39 is 0 Å². The highest BCUT2D eigenvalue weighted by Gasteiger charge is 2.10. The molecule has 6 heteroatoms. The molecule has 5 nitrogen and oxygen atoms in total. The number of aryl methyl sites for hydroxylation is 4. The van der Waals surface area contributed by atoms with Crippen LogP contribution in [0.4, 0.5) is 5.82 Å². The maximum absolute atomic E-state index is 9.34. The lowest BCUT2D eigenvalue weighted by atomic mass is 9.99. The van der Waals surface area contributed by atoms with E-state index in [4.69, 9.17) is 10.5 Å². The van der Waals surface area contributed by atoms with Crippen molar-refractivity contribution in [2.45, 2.75) is 33.3 Å². The normalized spacial score (nSPS) is 11.6. The number of nitrogens with zero attached hydrogens (tertiary/aromatic N) is 2. The second-order valence-corrected chi connectivity index (χ2v) is 9.75. The molecule has 5 rings (SSSR count). The second kappa shape index (κ2) is 9.99. The van der Waals surface area contributed by atoms with Gasteiger partial charge in [0.2, 0.25) is 0 Å². The minimum absolute atomic E-state index is 0.200. The summed E-state index contributed by atoms with van der Waals surface area (Å²) in [5, 5.41) is 3.05. The monoisotopic (exact) mass is 481 g/mol. The zero-order valence-electron chi connectivity index (χ0n) is 19.9. The third-order valence-corrected chi connectivity index (χ3v) is 6.90. The third kappa shape index (κ3) is 5.12. The molecule has 35 heavy (non-hydrogen) atoms. The Morgan fingerprint density at radius 2 is 1.80 bits per heavy atom. The number of hydrogen-bond donors (Lipinski definition) is 2. The topological polar surface area (TPSA) is 81.3 Å². The van der Waals surface area contributed by atoms with E-state index in [1.54, 1.807) is 0 Å². The van der Waals surface area contributed by atoms with Gasteiger partial charge in [0.15, 0.2) is 5.82 Å². The van der Waals surface area contributed by atoms with Gasteiger partial charge in [-0.05, 0) is 90.1 Å². The molecule has 0 aliphatic rings. The number of nitrogens with two attached hydrogens (primary N) is 1. The fourth-order valence-electron chi connectivity index (χ4n) is 4.41. The Morgan fingerprint density at radius 1 is 0.914 bits per heavy atom. The Kier molecular flexibility index (Phi) is 6.63. The molecule has 0 spiro atoms. The molecule has 1 atom stereocenters. The van der Waals surface area contributed by atoms with Crippen molar-refractivity contribution in [3.8, 4) is 5.75 Å². The summed E-state index contributed by atoms with van der Waals surface area (Å²) in [7, 11) is -0.200. The predicted molar refractivity (Wildman–Crippen MR) is 146 cm³/mol. The van der Waals surface area contributed by atoms with Gasteiger partial charge in [-0.1, -0.05) is 36.4 Å². The molecule has 2 aromatic heterocycles. The Morgan fingerprint density at radius 3 is 2.63 bits per heavy atom. The van der Waals surface area contributed by atoms with E-state index in [0.717, 1.165) is 56.8 Å². The Bertz CT molecular complexity index is 1530. The molecule has 0 amide bonds. The number of benzene rings is 3. The molecule has 3 aromatic carbocycles. The average molecular weight is 482 g/mol. The van der Waals surface area contributed by atoms with Gasteiger partial charge in [0.1, 0.15) is 17.9 Å². The van der Waals surface area contributed by atoms with Gasteiger partial charge < -0.3 is 15.4 Å². The molecular weight excluding hydrogens is 453 g/mol. The van der Waals surface area contributed by atoms with Gasteiger partial charge >= 0.3 is 0 Å². The Hall–Kier alpha value is -3.53. The van der Waals surface area contributed by atoms with Gasteiger partial charge in [0.05, 0.1) is 5.52 Å². The van der Waals surface area contributed by atoms with Crippen molar-refractivity contribution in [3.63, 3.8) is 0 Å². The molecule has 0 saturated carbocycles. The van der Waals surface area contributed by atoms with E-state index in [0.29, 0.717) is 12.4 Å². The molecule has 5 aromatic rings. The van der Waals surface area contributed by atoms with Gasteiger partial charge in [0, 0.05) is 25.8 Å². The van der Waals surface area contributed by atoms with E-state index in [-0.39, 0.29) is 8.81 Å². The van der Waals surface area contributed by atoms with Crippen molar-refractivity contribution in [1.82, 2.24) is 9.97 Å². The molecular formula is C29H28N3O2P. The van der Waals surface area contributed by atoms with E-state index in [1.165, 1.54) is 16.7 Å². The summed E-state index contributed by atoms with van der Waals surface area (Å²) >= 11 is 0. The number of anilines is 1. The second-order valence-electron chi connectivity index (χ2n) is 8.95. The van der Waals surface area contributed by atoms with Crippen molar-refractivity contribution in [1.29, 1.82) is 0 Å². The highest BCUT2D eigenvalue weighted by atomic mass is 31.1. The highest BCUT2D eigenvalue weighted by molar-refractivity contribution is 7.40. The lowest BCUT2D eigenvalue weighted by Gasteiger charge is -2.12. The van der Waals surface area contributed by atoms with Crippen LogP contribution in [0.1, 0.15) is 27.8 Å². The largest absolute Gasteiger partial charge is 0.489 e. The highest BCUT2D eigenvalue weighted by Crippen LogP contribution is 2.28. The molecule has 0 bridgehead atoms. The quantitative estimate of drug-likeness (QED) is 0.235. The van der Waals surface area contributed by atoms with Crippen LogP contribution in [0.25, 0.3) is 21.8 Å². The summed E-state index contributed by atoms with van der Waals surface area (Å²) in [4.78, 5) is 18.5. The van der Waals surface area contributed by atoms with Crippen molar-refractivity contribution < 1.29 is 9.63 Å².